The second kappa shape index (κ2) is 4.28. The fourth-order valence-electron chi connectivity index (χ4n) is 0.928. The molecule has 0 aliphatic carbocycles. The van der Waals surface area contributed by atoms with Gasteiger partial charge in [-0.1, -0.05) is 13.3 Å². The minimum Gasteiger partial charge on any atom is -0.368 e. The van der Waals surface area contributed by atoms with Gasteiger partial charge in [-0.25, -0.2) is 0 Å². The van der Waals surface area contributed by atoms with Crippen LogP contribution in [0.4, 0.5) is 0 Å². The first-order chi connectivity index (χ1) is 4.59. The first kappa shape index (κ1) is 9.43. The van der Waals surface area contributed by atoms with Crippen LogP contribution in [0.3, 0.4) is 0 Å². The molecular formula is C7H16N2O. The van der Waals surface area contributed by atoms with Crippen LogP contribution in [0, 0.1) is 0 Å². The van der Waals surface area contributed by atoms with E-state index in [1.807, 2.05) is 25.9 Å². The van der Waals surface area contributed by atoms with E-state index in [1.54, 1.807) is 0 Å². The van der Waals surface area contributed by atoms with E-state index in [9.17, 15) is 4.79 Å². The predicted molar refractivity (Wildman–Crippen MR) is 41.6 cm³/mol. The van der Waals surface area contributed by atoms with Gasteiger partial charge < -0.3 is 5.73 Å². The molecule has 0 aromatic rings. The van der Waals surface area contributed by atoms with E-state index in [1.165, 1.54) is 0 Å². The molecule has 0 aliphatic rings. The maximum atomic E-state index is 10.7. The van der Waals surface area contributed by atoms with Crippen molar-refractivity contribution < 1.29 is 4.79 Å². The van der Waals surface area contributed by atoms with Gasteiger partial charge in [0, 0.05) is 0 Å². The Morgan fingerprint density at radius 1 is 1.60 bits per heavy atom. The number of hydrogen-bond donors (Lipinski definition) is 1. The molecule has 0 fully saturated rings. The summed E-state index contributed by atoms with van der Waals surface area (Å²) in [6.45, 7) is 2.04. The normalized spacial score (nSPS) is 13.6. The second-order valence-corrected chi connectivity index (χ2v) is 2.67. The SMILES string of the molecule is CCC[C@@H](C(N)=O)N(C)C. The minimum atomic E-state index is -0.230. The summed E-state index contributed by atoms with van der Waals surface area (Å²) in [4.78, 5) is 12.6. The molecule has 10 heavy (non-hydrogen) atoms. The Morgan fingerprint density at radius 2 is 2.10 bits per heavy atom. The van der Waals surface area contributed by atoms with E-state index in [0.29, 0.717) is 0 Å². The Bertz CT molecular complexity index is 112. The minimum absolute atomic E-state index is 0.0926. The van der Waals surface area contributed by atoms with Crippen molar-refractivity contribution in [3.63, 3.8) is 0 Å². The lowest BCUT2D eigenvalue weighted by Gasteiger charge is -2.19. The van der Waals surface area contributed by atoms with Crippen LogP contribution in [0.1, 0.15) is 19.8 Å². The smallest absolute Gasteiger partial charge is 0.234 e. The van der Waals surface area contributed by atoms with Crippen LogP contribution < -0.4 is 5.73 Å². The molecular weight excluding hydrogens is 128 g/mol. The number of carbonyl (C=O) groups excluding carboxylic acids is 1. The van der Waals surface area contributed by atoms with E-state index < -0.39 is 0 Å². The van der Waals surface area contributed by atoms with Crippen LogP contribution in [0.2, 0.25) is 0 Å². The lowest BCUT2D eigenvalue weighted by molar-refractivity contribution is -0.122. The van der Waals surface area contributed by atoms with Gasteiger partial charge in [-0.15, -0.1) is 0 Å². The monoisotopic (exact) mass is 144 g/mol. The Hall–Kier alpha value is -0.570. The summed E-state index contributed by atoms with van der Waals surface area (Å²) in [7, 11) is 3.73. The van der Waals surface area contributed by atoms with Gasteiger partial charge in [0.2, 0.25) is 5.91 Å². The van der Waals surface area contributed by atoms with Gasteiger partial charge in [-0.05, 0) is 20.5 Å². The molecule has 0 aromatic heterocycles. The molecule has 0 saturated carbocycles. The van der Waals surface area contributed by atoms with Crippen molar-refractivity contribution in [2.75, 3.05) is 14.1 Å². The van der Waals surface area contributed by atoms with Crippen LogP contribution in [-0.2, 0) is 4.79 Å². The molecule has 0 heterocycles. The molecule has 0 rings (SSSR count). The number of primary amides is 1. The van der Waals surface area contributed by atoms with Crippen molar-refractivity contribution in [3.8, 4) is 0 Å². The van der Waals surface area contributed by atoms with Gasteiger partial charge in [0.15, 0.2) is 0 Å². The Labute approximate surface area is 62.2 Å². The number of likely N-dealkylation sites (N-methyl/N-ethyl adjacent to an activating group) is 1. The van der Waals surface area contributed by atoms with Crippen molar-refractivity contribution >= 4 is 5.91 Å². The van der Waals surface area contributed by atoms with Gasteiger partial charge in [-0.3, -0.25) is 9.69 Å². The number of amides is 1. The van der Waals surface area contributed by atoms with E-state index in [-0.39, 0.29) is 11.9 Å². The first-order valence-corrected chi connectivity index (χ1v) is 3.55. The second-order valence-electron chi connectivity index (χ2n) is 2.67. The highest BCUT2D eigenvalue weighted by Gasteiger charge is 2.15. The molecule has 0 bridgehead atoms. The van der Waals surface area contributed by atoms with Crippen molar-refractivity contribution in [1.82, 2.24) is 4.90 Å². The average Bonchev–Trinajstić information content (AvgIpc) is 1.81. The zero-order chi connectivity index (χ0) is 8.15. The number of rotatable bonds is 4. The standard InChI is InChI=1S/C7H16N2O/c1-4-5-6(7(8)10)9(2)3/h6H,4-5H2,1-3H3,(H2,8,10)/t6-/m0/s1. The molecule has 1 amide bonds. The van der Waals surface area contributed by atoms with Gasteiger partial charge in [0.05, 0.1) is 6.04 Å². The highest BCUT2D eigenvalue weighted by molar-refractivity contribution is 5.79. The maximum Gasteiger partial charge on any atom is 0.234 e. The molecule has 2 N–H and O–H groups in total. The van der Waals surface area contributed by atoms with Gasteiger partial charge in [0.25, 0.3) is 0 Å². The number of hydrogen-bond acceptors (Lipinski definition) is 2. The molecule has 0 aliphatic heterocycles. The summed E-state index contributed by atoms with van der Waals surface area (Å²) in [5.41, 5.74) is 5.14. The topological polar surface area (TPSA) is 46.3 Å². The average molecular weight is 144 g/mol. The number of carbonyl (C=O) groups is 1. The fraction of sp³-hybridized carbons (Fsp3) is 0.857. The number of nitrogens with zero attached hydrogens (tertiary/aromatic N) is 1. The quantitative estimate of drug-likeness (QED) is 0.612. The molecule has 0 saturated heterocycles. The summed E-state index contributed by atoms with van der Waals surface area (Å²) in [5.74, 6) is -0.230. The van der Waals surface area contributed by atoms with Gasteiger partial charge in [-0.2, -0.15) is 0 Å². The van der Waals surface area contributed by atoms with E-state index in [0.717, 1.165) is 12.8 Å². The van der Waals surface area contributed by atoms with E-state index >= 15 is 0 Å². The molecule has 0 radical (unpaired) electrons. The zero-order valence-electron chi connectivity index (χ0n) is 6.92. The van der Waals surface area contributed by atoms with Gasteiger partial charge >= 0.3 is 0 Å². The Kier molecular flexibility index (Phi) is 4.03. The zero-order valence-corrected chi connectivity index (χ0v) is 6.92. The molecule has 0 unspecified atom stereocenters. The van der Waals surface area contributed by atoms with Crippen LogP contribution in [-0.4, -0.2) is 30.9 Å². The van der Waals surface area contributed by atoms with Gasteiger partial charge in [0.1, 0.15) is 0 Å². The van der Waals surface area contributed by atoms with Crippen LogP contribution in [0.5, 0.6) is 0 Å². The predicted octanol–water partition coefficient (Wildman–Crippen LogP) is 0.202. The molecule has 3 nitrogen and oxygen atoms in total. The number of nitrogens with two attached hydrogens (primary N) is 1. The highest BCUT2D eigenvalue weighted by atomic mass is 16.1. The molecule has 3 heteroatoms. The first-order valence-electron chi connectivity index (χ1n) is 3.55. The van der Waals surface area contributed by atoms with Crippen molar-refractivity contribution in [1.29, 1.82) is 0 Å². The largest absolute Gasteiger partial charge is 0.368 e. The van der Waals surface area contributed by atoms with Crippen LogP contribution in [0.25, 0.3) is 0 Å². The Morgan fingerprint density at radius 3 is 2.20 bits per heavy atom. The van der Waals surface area contributed by atoms with Crippen molar-refractivity contribution in [2.24, 2.45) is 5.73 Å². The highest BCUT2D eigenvalue weighted by Crippen LogP contribution is 2.00. The lowest BCUT2D eigenvalue weighted by atomic mass is 10.1. The van der Waals surface area contributed by atoms with Crippen LogP contribution in [0.15, 0.2) is 0 Å². The van der Waals surface area contributed by atoms with Crippen LogP contribution >= 0.6 is 0 Å². The fourth-order valence-corrected chi connectivity index (χ4v) is 0.928. The Balaban J connectivity index is 3.85. The third-order valence-corrected chi connectivity index (χ3v) is 1.51. The van der Waals surface area contributed by atoms with Crippen molar-refractivity contribution in [2.45, 2.75) is 25.8 Å². The van der Waals surface area contributed by atoms with Crippen molar-refractivity contribution in [3.05, 3.63) is 0 Å². The summed E-state index contributed by atoms with van der Waals surface area (Å²) >= 11 is 0. The van der Waals surface area contributed by atoms with E-state index in [4.69, 9.17) is 5.73 Å². The molecule has 60 valence electrons. The summed E-state index contributed by atoms with van der Waals surface area (Å²) in [6.07, 6.45) is 1.84. The summed E-state index contributed by atoms with van der Waals surface area (Å²) in [5, 5.41) is 0. The molecule has 1 atom stereocenters. The molecule has 0 aromatic carbocycles. The molecule has 0 spiro atoms. The third-order valence-electron chi connectivity index (χ3n) is 1.51. The summed E-state index contributed by atoms with van der Waals surface area (Å²) in [6, 6.07) is -0.0926. The summed E-state index contributed by atoms with van der Waals surface area (Å²) < 4.78 is 0. The third kappa shape index (κ3) is 2.82. The maximum absolute atomic E-state index is 10.7. The van der Waals surface area contributed by atoms with E-state index in [2.05, 4.69) is 0 Å². The lowest BCUT2D eigenvalue weighted by Crippen LogP contribution is -2.40.